The summed E-state index contributed by atoms with van der Waals surface area (Å²) in [6.07, 6.45) is 3.62. The number of carbonyl (C=O) groups excluding carboxylic acids is 1. The van der Waals surface area contributed by atoms with Crippen LogP contribution in [0.1, 0.15) is 21.7 Å². The Hall–Kier alpha value is -3.06. The van der Waals surface area contributed by atoms with Crippen molar-refractivity contribution in [1.82, 2.24) is 19.3 Å². The van der Waals surface area contributed by atoms with Crippen LogP contribution < -0.4 is 4.74 Å². The fourth-order valence-electron chi connectivity index (χ4n) is 3.42. The predicted molar refractivity (Wildman–Crippen MR) is 121 cm³/mol. The molecular formula is C23H26N4O2S. The number of ketones is 1. The second-order valence-corrected chi connectivity index (χ2v) is 7.74. The van der Waals surface area contributed by atoms with Gasteiger partial charge in [0.15, 0.2) is 16.8 Å². The summed E-state index contributed by atoms with van der Waals surface area (Å²) in [6.45, 7) is 12.8. The number of allylic oxidation sites excluding steroid dienone is 2. The van der Waals surface area contributed by atoms with Gasteiger partial charge in [-0.05, 0) is 32.0 Å². The number of carbonyl (C=O) groups is 1. The van der Waals surface area contributed by atoms with Gasteiger partial charge in [0.05, 0.1) is 18.4 Å². The molecule has 1 aromatic carbocycles. The molecule has 0 aliphatic heterocycles. The normalized spacial score (nSPS) is 10.8. The fraction of sp³-hybridized carbons (Fsp3) is 0.261. The first kappa shape index (κ1) is 21.6. The van der Waals surface area contributed by atoms with Crippen molar-refractivity contribution in [2.45, 2.75) is 32.1 Å². The Kier molecular flexibility index (Phi) is 6.95. The molecule has 7 heteroatoms. The highest BCUT2D eigenvalue weighted by molar-refractivity contribution is 7.99. The van der Waals surface area contributed by atoms with E-state index in [-0.39, 0.29) is 11.5 Å². The van der Waals surface area contributed by atoms with Crippen molar-refractivity contribution < 1.29 is 9.53 Å². The molecule has 0 N–H and O–H groups in total. The summed E-state index contributed by atoms with van der Waals surface area (Å²) in [4.78, 5) is 12.9. The van der Waals surface area contributed by atoms with Gasteiger partial charge in [-0.1, -0.05) is 36.0 Å². The molecule has 3 aromatic rings. The number of methoxy groups -OCH3 is 1. The number of para-hydroxylation sites is 1. The van der Waals surface area contributed by atoms with Crippen molar-refractivity contribution in [3.05, 3.63) is 72.6 Å². The van der Waals surface area contributed by atoms with Crippen molar-refractivity contribution in [1.29, 1.82) is 0 Å². The van der Waals surface area contributed by atoms with E-state index in [4.69, 9.17) is 4.74 Å². The molecule has 0 saturated carbocycles. The first-order valence-electron chi connectivity index (χ1n) is 9.62. The minimum absolute atomic E-state index is 0.0652. The van der Waals surface area contributed by atoms with E-state index in [1.807, 2.05) is 54.8 Å². The third kappa shape index (κ3) is 4.26. The molecule has 2 heterocycles. The van der Waals surface area contributed by atoms with Crippen molar-refractivity contribution in [2.24, 2.45) is 0 Å². The molecule has 0 aliphatic carbocycles. The Bertz CT molecular complexity index is 1080. The largest absolute Gasteiger partial charge is 0.496 e. The zero-order chi connectivity index (χ0) is 21.7. The van der Waals surface area contributed by atoms with Gasteiger partial charge < -0.3 is 9.30 Å². The molecule has 0 aliphatic rings. The number of aryl methyl sites for hydroxylation is 1. The summed E-state index contributed by atoms with van der Waals surface area (Å²) in [7, 11) is 1.63. The van der Waals surface area contributed by atoms with Crippen LogP contribution in [0.4, 0.5) is 0 Å². The van der Waals surface area contributed by atoms with E-state index in [9.17, 15) is 4.79 Å². The molecule has 0 bridgehead atoms. The van der Waals surface area contributed by atoms with Crippen LogP contribution in [0.5, 0.6) is 5.75 Å². The van der Waals surface area contributed by atoms with Crippen molar-refractivity contribution in [3.8, 4) is 17.1 Å². The molecule has 2 aromatic heterocycles. The number of Topliss-reactive ketones (excluding diaryl/α,β-unsaturated/α-hetero) is 1. The van der Waals surface area contributed by atoms with E-state index < -0.39 is 0 Å². The van der Waals surface area contributed by atoms with Gasteiger partial charge in [0, 0.05) is 30.0 Å². The molecule has 30 heavy (non-hydrogen) atoms. The maximum Gasteiger partial charge on any atom is 0.192 e. The summed E-state index contributed by atoms with van der Waals surface area (Å²) >= 11 is 1.38. The lowest BCUT2D eigenvalue weighted by molar-refractivity contribution is 0.102. The van der Waals surface area contributed by atoms with Gasteiger partial charge in [0.1, 0.15) is 5.75 Å². The maximum atomic E-state index is 12.9. The fourth-order valence-corrected chi connectivity index (χ4v) is 4.25. The average molecular weight is 423 g/mol. The first-order chi connectivity index (χ1) is 14.5. The van der Waals surface area contributed by atoms with Crippen LogP contribution >= 0.6 is 11.8 Å². The molecule has 0 radical (unpaired) electrons. The van der Waals surface area contributed by atoms with Crippen LogP contribution in [0.2, 0.25) is 0 Å². The second kappa shape index (κ2) is 9.63. The van der Waals surface area contributed by atoms with E-state index in [1.165, 1.54) is 11.8 Å². The van der Waals surface area contributed by atoms with E-state index >= 15 is 0 Å². The average Bonchev–Trinajstić information content (AvgIpc) is 3.28. The number of ether oxygens (including phenoxy) is 1. The molecule has 0 spiro atoms. The summed E-state index contributed by atoms with van der Waals surface area (Å²) in [5, 5.41) is 9.36. The number of nitrogens with zero attached hydrogens (tertiary/aromatic N) is 4. The third-order valence-electron chi connectivity index (χ3n) is 4.89. The van der Waals surface area contributed by atoms with E-state index in [2.05, 4.69) is 27.9 Å². The van der Waals surface area contributed by atoms with Crippen LogP contribution in [-0.2, 0) is 13.1 Å². The number of thioether (sulfide) groups is 1. The molecule has 0 unspecified atom stereocenters. The van der Waals surface area contributed by atoms with Crippen molar-refractivity contribution in [2.75, 3.05) is 12.9 Å². The standard InChI is InChI=1S/C23H26N4O2S/c1-6-12-26-16(3)14-19(17(26)4)20(28)15-30-23-25-24-22(27(23)13-7-2)18-10-8-9-11-21(18)29-5/h6-11,14H,1-2,12-13,15H2,3-5H3. The Labute approximate surface area is 181 Å². The molecule has 6 nitrogen and oxygen atoms in total. The zero-order valence-electron chi connectivity index (χ0n) is 17.6. The second-order valence-electron chi connectivity index (χ2n) is 6.80. The zero-order valence-corrected chi connectivity index (χ0v) is 18.4. The SMILES string of the molecule is C=CCn1c(SCC(=O)c2cc(C)n(CC=C)c2C)nnc1-c1ccccc1OC. The Morgan fingerprint density at radius 2 is 1.83 bits per heavy atom. The molecular weight excluding hydrogens is 396 g/mol. The smallest absolute Gasteiger partial charge is 0.192 e. The highest BCUT2D eigenvalue weighted by Gasteiger charge is 2.20. The summed E-state index contributed by atoms with van der Waals surface area (Å²) < 4.78 is 9.50. The molecule has 156 valence electrons. The van der Waals surface area contributed by atoms with Crippen LogP contribution in [0.15, 0.2) is 60.8 Å². The number of aromatic nitrogens is 4. The van der Waals surface area contributed by atoms with Crippen LogP contribution in [0.3, 0.4) is 0 Å². The lowest BCUT2D eigenvalue weighted by Crippen LogP contribution is -2.07. The van der Waals surface area contributed by atoms with Crippen LogP contribution in [-0.4, -0.2) is 38.0 Å². The molecule has 3 rings (SSSR count). The lowest BCUT2D eigenvalue weighted by atomic mass is 10.2. The minimum Gasteiger partial charge on any atom is -0.496 e. The van der Waals surface area contributed by atoms with Gasteiger partial charge in [-0.3, -0.25) is 9.36 Å². The summed E-state index contributed by atoms with van der Waals surface area (Å²) in [5.41, 5.74) is 3.59. The maximum absolute atomic E-state index is 12.9. The highest BCUT2D eigenvalue weighted by Crippen LogP contribution is 2.31. The molecule has 0 atom stereocenters. The van der Waals surface area contributed by atoms with Crippen LogP contribution in [0.25, 0.3) is 11.4 Å². The quantitative estimate of drug-likeness (QED) is 0.269. The van der Waals surface area contributed by atoms with Crippen molar-refractivity contribution >= 4 is 17.5 Å². The van der Waals surface area contributed by atoms with Crippen molar-refractivity contribution in [3.63, 3.8) is 0 Å². The van der Waals surface area contributed by atoms with Gasteiger partial charge in [-0.15, -0.1) is 23.4 Å². The minimum atomic E-state index is 0.0652. The van der Waals surface area contributed by atoms with Gasteiger partial charge in [0.2, 0.25) is 0 Å². The number of rotatable bonds is 10. The molecule has 0 fully saturated rings. The Morgan fingerprint density at radius 1 is 1.13 bits per heavy atom. The molecule has 0 saturated heterocycles. The van der Waals surface area contributed by atoms with Gasteiger partial charge in [-0.25, -0.2) is 0 Å². The number of hydrogen-bond acceptors (Lipinski definition) is 5. The van der Waals surface area contributed by atoms with E-state index in [1.54, 1.807) is 13.2 Å². The summed E-state index contributed by atoms with van der Waals surface area (Å²) in [6, 6.07) is 9.61. The lowest BCUT2D eigenvalue weighted by Gasteiger charge is -2.10. The van der Waals surface area contributed by atoms with Gasteiger partial charge in [-0.2, -0.15) is 0 Å². The molecule has 0 amide bonds. The third-order valence-corrected chi connectivity index (χ3v) is 5.86. The highest BCUT2D eigenvalue weighted by atomic mass is 32.2. The summed E-state index contributed by atoms with van der Waals surface area (Å²) in [5.74, 6) is 1.75. The van der Waals surface area contributed by atoms with Crippen LogP contribution in [0, 0.1) is 13.8 Å². The predicted octanol–water partition coefficient (Wildman–Crippen LogP) is 4.72. The Morgan fingerprint density at radius 3 is 2.53 bits per heavy atom. The van der Waals surface area contributed by atoms with Gasteiger partial charge in [0.25, 0.3) is 0 Å². The number of benzene rings is 1. The Balaban J connectivity index is 1.85. The van der Waals surface area contributed by atoms with E-state index in [0.717, 1.165) is 28.3 Å². The number of hydrogen-bond donors (Lipinski definition) is 0. The van der Waals surface area contributed by atoms with E-state index in [0.29, 0.717) is 24.1 Å². The monoisotopic (exact) mass is 422 g/mol. The van der Waals surface area contributed by atoms with Gasteiger partial charge >= 0.3 is 0 Å². The topological polar surface area (TPSA) is 61.9 Å². The first-order valence-corrected chi connectivity index (χ1v) is 10.6.